The molecule has 0 aliphatic carbocycles. The summed E-state index contributed by atoms with van der Waals surface area (Å²) in [6, 6.07) is 5.60. The molecule has 1 aliphatic heterocycles. The molecule has 0 amide bonds. The van der Waals surface area contributed by atoms with Gasteiger partial charge >= 0.3 is 0 Å². The summed E-state index contributed by atoms with van der Waals surface area (Å²) in [5, 5.41) is 0.549. The second-order valence-corrected chi connectivity index (χ2v) is 3.90. The number of halogens is 1. The van der Waals surface area contributed by atoms with Crippen LogP contribution in [0.25, 0.3) is 0 Å². The average molecular weight is 226 g/mol. The Morgan fingerprint density at radius 3 is 3.00 bits per heavy atom. The Kier molecular flexibility index (Phi) is 2.52. The first-order chi connectivity index (χ1) is 6.70. The van der Waals surface area contributed by atoms with Gasteiger partial charge in [-0.15, -0.1) is 0 Å². The zero-order chi connectivity index (χ0) is 10.1. The van der Waals surface area contributed by atoms with Crippen LogP contribution in [0.3, 0.4) is 0 Å². The Morgan fingerprint density at radius 1 is 1.50 bits per heavy atom. The van der Waals surface area contributed by atoms with Crippen molar-refractivity contribution in [1.82, 2.24) is 0 Å². The van der Waals surface area contributed by atoms with Crippen molar-refractivity contribution in [2.24, 2.45) is 4.99 Å². The number of aliphatic imine (C=N–C) groups is 1. The molecule has 0 aromatic heterocycles. The number of rotatable bonds is 1. The predicted molar refractivity (Wildman–Crippen MR) is 62.3 cm³/mol. The number of methoxy groups -OCH3 is 1. The van der Waals surface area contributed by atoms with Gasteiger partial charge in [0, 0.05) is 16.8 Å². The quantitative estimate of drug-likeness (QED) is 0.685. The maximum atomic E-state index is 5.84. The first kappa shape index (κ1) is 9.62. The number of hydrogen-bond acceptors (Lipinski definition) is 3. The lowest BCUT2D eigenvalue weighted by molar-refractivity contribution is 0.415. The average Bonchev–Trinajstić information content (AvgIpc) is 2.17. The van der Waals surface area contributed by atoms with Gasteiger partial charge in [0.1, 0.15) is 10.9 Å². The zero-order valence-corrected chi connectivity index (χ0v) is 9.15. The van der Waals surface area contributed by atoms with E-state index in [1.54, 1.807) is 7.11 Å². The summed E-state index contributed by atoms with van der Waals surface area (Å²) in [5.74, 6) is 0.791. The molecular weight excluding hydrogens is 218 g/mol. The van der Waals surface area contributed by atoms with Crippen molar-refractivity contribution in [3.8, 4) is 5.75 Å². The van der Waals surface area contributed by atoms with Crippen LogP contribution in [0, 0.1) is 0 Å². The van der Waals surface area contributed by atoms with Gasteiger partial charge in [-0.1, -0.05) is 23.8 Å². The number of benzene rings is 1. The van der Waals surface area contributed by atoms with Crippen LogP contribution in [-0.4, -0.2) is 17.1 Å². The third kappa shape index (κ3) is 1.65. The van der Waals surface area contributed by atoms with E-state index < -0.39 is 0 Å². The fraction of sp³-hybridized carbons (Fsp3) is 0.200. The van der Waals surface area contributed by atoms with Crippen LogP contribution in [-0.2, 0) is 0 Å². The topological polar surface area (TPSA) is 21.6 Å². The second kappa shape index (κ2) is 3.67. The minimum absolute atomic E-state index is 0.549. The monoisotopic (exact) mass is 225 g/mol. The molecule has 4 heteroatoms. The summed E-state index contributed by atoms with van der Waals surface area (Å²) < 4.78 is 5.11. The van der Waals surface area contributed by atoms with Crippen LogP contribution in [0.4, 0.5) is 5.69 Å². The van der Waals surface area contributed by atoms with Gasteiger partial charge in [0.25, 0.3) is 0 Å². The molecule has 0 radical (unpaired) electrons. The van der Waals surface area contributed by atoms with E-state index in [9.17, 15) is 0 Å². The highest BCUT2D eigenvalue weighted by Gasteiger charge is 2.15. The molecule has 0 spiro atoms. The standard InChI is InChI=1S/C10H8ClNOS/c1-13-6-2-3-8-7(4-6)9(14)5-10(11)12-8/h2-4H,5H2,1H3. The number of fused-ring (bicyclic) bond motifs is 1. The van der Waals surface area contributed by atoms with Crippen molar-refractivity contribution in [2.75, 3.05) is 7.11 Å². The number of nitrogens with zero attached hydrogens (tertiary/aromatic N) is 1. The van der Waals surface area contributed by atoms with Gasteiger partial charge in [-0.2, -0.15) is 0 Å². The molecule has 0 atom stereocenters. The van der Waals surface area contributed by atoms with E-state index in [0.717, 1.165) is 21.9 Å². The van der Waals surface area contributed by atoms with Crippen molar-refractivity contribution in [3.05, 3.63) is 23.8 Å². The smallest absolute Gasteiger partial charge is 0.119 e. The van der Waals surface area contributed by atoms with E-state index in [0.29, 0.717) is 11.6 Å². The molecule has 1 aliphatic rings. The van der Waals surface area contributed by atoms with Crippen LogP contribution in [0.5, 0.6) is 5.75 Å². The number of thiocarbonyl (C=S) groups is 1. The predicted octanol–water partition coefficient (Wildman–Crippen LogP) is 3.09. The van der Waals surface area contributed by atoms with E-state index in [2.05, 4.69) is 4.99 Å². The minimum Gasteiger partial charge on any atom is -0.497 e. The molecule has 0 saturated carbocycles. The molecule has 0 fully saturated rings. The fourth-order valence-corrected chi connectivity index (χ4v) is 1.97. The number of hydrogen-bond donors (Lipinski definition) is 0. The van der Waals surface area contributed by atoms with Crippen molar-refractivity contribution >= 4 is 39.5 Å². The fourth-order valence-electron chi connectivity index (χ4n) is 1.36. The van der Waals surface area contributed by atoms with Crippen molar-refractivity contribution in [1.29, 1.82) is 0 Å². The highest BCUT2D eigenvalue weighted by molar-refractivity contribution is 7.81. The molecule has 2 nitrogen and oxygen atoms in total. The minimum atomic E-state index is 0.549. The molecule has 72 valence electrons. The van der Waals surface area contributed by atoms with E-state index in [4.69, 9.17) is 28.6 Å². The summed E-state index contributed by atoms with van der Waals surface area (Å²) in [7, 11) is 1.63. The van der Waals surface area contributed by atoms with E-state index >= 15 is 0 Å². The molecule has 14 heavy (non-hydrogen) atoms. The second-order valence-electron chi connectivity index (χ2n) is 2.97. The lowest BCUT2D eigenvalue weighted by atomic mass is 10.0. The normalized spacial score (nSPS) is 14.7. The first-order valence-corrected chi connectivity index (χ1v) is 4.93. The van der Waals surface area contributed by atoms with Crippen LogP contribution < -0.4 is 4.74 Å². The van der Waals surface area contributed by atoms with Gasteiger partial charge in [0.2, 0.25) is 0 Å². The summed E-state index contributed by atoms with van der Waals surface area (Å²) in [6.07, 6.45) is 0.553. The summed E-state index contributed by atoms with van der Waals surface area (Å²) in [5.41, 5.74) is 1.77. The van der Waals surface area contributed by atoms with Crippen molar-refractivity contribution in [3.63, 3.8) is 0 Å². The largest absolute Gasteiger partial charge is 0.497 e. The molecule has 0 N–H and O–H groups in total. The lowest BCUT2D eigenvalue weighted by Gasteiger charge is -2.13. The van der Waals surface area contributed by atoms with Crippen LogP contribution >= 0.6 is 23.8 Å². The van der Waals surface area contributed by atoms with E-state index in [-0.39, 0.29) is 0 Å². The van der Waals surface area contributed by atoms with Crippen LogP contribution in [0.1, 0.15) is 12.0 Å². The highest BCUT2D eigenvalue weighted by atomic mass is 35.5. The van der Waals surface area contributed by atoms with Gasteiger partial charge in [0.15, 0.2) is 0 Å². The van der Waals surface area contributed by atoms with Gasteiger partial charge in [-0.25, -0.2) is 4.99 Å². The highest BCUT2D eigenvalue weighted by Crippen LogP contribution is 2.30. The Balaban J connectivity index is 2.55. The molecule has 1 aromatic rings. The molecule has 1 aromatic carbocycles. The summed E-state index contributed by atoms with van der Waals surface area (Å²) in [4.78, 5) is 5.03. The third-order valence-corrected chi connectivity index (χ3v) is 2.63. The maximum absolute atomic E-state index is 5.84. The molecule has 0 unspecified atom stereocenters. The third-order valence-electron chi connectivity index (χ3n) is 2.05. The van der Waals surface area contributed by atoms with Crippen molar-refractivity contribution in [2.45, 2.75) is 6.42 Å². The Bertz CT molecular complexity index is 428. The van der Waals surface area contributed by atoms with E-state index in [1.807, 2.05) is 18.2 Å². The molecule has 0 bridgehead atoms. The summed E-state index contributed by atoms with van der Waals surface area (Å²) in [6.45, 7) is 0. The van der Waals surface area contributed by atoms with Crippen LogP contribution in [0.15, 0.2) is 23.2 Å². The Labute approximate surface area is 92.6 Å². The zero-order valence-electron chi connectivity index (χ0n) is 7.58. The SMILES string of the molecule is COc1ccc2c(c1)C(=S)CC(Cl)=N2. The molecular formula is C10H8ClNOS. The van der Waals surface area contributed by atoms with Crippen LogP contribution in [0.2, 0.25) is 0 Å². The number of ether oxygens (including phenoxy) is 1. The summed E-state index contributed by atoms with van der Waals surface area (Å²) >= 11 is 11.1. The van der Waals surface area contributed by atoms with Gasteiger partial charge in [-0.3, -0.25) is 0 Å². The van der Waals surface area contributed by atoms with Gasteiger partial charge < -0.3 is 4.74 Å². The molecule has 0 saturated heterocycles. The van der Waals surface area contributed by atoms with Gasteiger partial charge in [0.05, 0.1) is 12.8 Å². The first-order valence-electron chi connectivity index (χ1n) is 4.15. The maximum Gasteiger partial charge on any atom is 0.119 e. The Morgan fingerprint density at radius 2 is 2.29 bits per heavy atom. The van der Waals surface area contributed by atoms with Gasteiger partial charge in [-0.05, 0) is 18.2 Å². The molecule has 1 heterocycles. The van der Waals surface area contributed by atoms with Crippen molar-refractivity contribution < 1.29 is 4.74 Å². The van der Waals surface area contributed by atoms with E-state index in [1.165, 1.54) is 0 Å². The Hall–Kier alpha value is -0.930. The lowest BCUT2D eigenvalue weighted by Crippen LogP contribution is -2.07. The molecule has 2 rings (SSSR count).